The lowest BCUT2D eigenvalue weighted by atomic mass is 9.49. The quantitative estimate of drug-likeness (QED) is 0.599. The molecule has 0 radical (unpaired) electrons. The molecular formula is C30H43NO2. The van der Waals surface area contributed by atoms with Gasteiger partial charge >= 0.3 is 0 Å². The number of rotatable bonds is 2. The highest BCUT2D eigenvalue weighted by Gasteiger charge is 2.59. The van der Waals surface area contributed by atoms with E-state index in [1.54, 1.807) is 0 Å². The molecule has 3 nitrogen and oxygen atoms in total. The van der Waals surface area contributed by atoms with Crippen LogP contribution in [0, 0.1) is 40.9 Å². The Morgan fingerprint density at radius 2 is 1.70 bits per heavy atom. The highest BCUT2D eigenvalue weighted by Crippen LogP contribution is 2.64. The van der Waals surface area contributed by atoms with Crippen LogP contribution in [0.5, 0.6) is 0 Å². The second kappa shape index (κ2) is 8.11. The maximum Gasteiger partial charge on any atom is 0.226 e. The third-order valence-corrected chi connectivity index (χ3v) is 11.3. The second-order valence-corrected chi connectivity index (χ2v) is 13.0. The lowest BCUT2D eigenvalue weighted by Gasteiger charge is -2.57. The van der Waals surface area contributed by atoms with E-state index in [0.29, 0.717) is 11.8 Å². The number of fused-ring (bicyclic) bond motifs is 5. The van der Waals surface area contributed by atoms with E-state index >= 15 is 0 Å². The van der Waals surface area contributed by atoms with E-state index in [-0.39, 0.29) is 11.3 Å². The van der Waals surface area contributed by atoms with Crippen molar-refractivity contribution < 1.29 is 9.90 Å². The van der Waals surface area contributed by atoms with Crippen molar-refractivity contribution in [2.75, 3.05) is 13.1 Å². The predicted molar refractivity (Wildman–Crippen MR) is 132 cm³/mol. The van der Waals surface area contributed by atoms with Crippen molar-refractivity contribution in [2.45, 2.75) is 89.6 Å². The number of likely N-dealkylation sites (tertiary alicyclic amines) is 1. The number of hydrogen-bond acceptors (Lipinski definition) is 2. The van der Waals surface area contributed by atoms with Gasteiger partial charge < -0.3 is 10.0 Å². The van der Waals surface area contributed by atoms with Crippen LogP contribution in [0.15, 0.2) is 30.3 Å². The van der Waals surface area contributed by atoms with Crippen LogP contribution in [0.1, 0.15) is 89.5 Å². The van der Waals surface area contributed by atoms with Crippen molar-refractivity contribution in [1.29, 1.82) is 0 Å². The molecule has 6 rings (SSSR count). The Bertz CT molecular complexity index is 881. The van der Waals surface area contributed by atoms with E-state index in [4.69, 9.17) is 0 Å². The Morgan fingerprint density at radius 3 is 2.52 bits per heavy atom. The molecule has 0 unspecified atom stereocenters. The van der Waals surface area contributed by atoms with Gasteiger partial charge in [-0.2, -0.15) is 0 Å². The summed E-state index contributed by atoms with van der Waals surface area (Å²) in [5.74, 6) is 5.19. The maximum atomic E-state index is 13.8. The highest BCUT2D eigenvalue weighted by molar-refractivity contribution is 5.80. The van der Waals surface area contributed by atoms with E-state index < -0.39 is 5.60 Å². The average molecular weight is 450 g/mol. The topological polar surface area (TPSA) is 40.5 Å². The van der Waals surface area contributed by atoms with Crippen LogP contribution in [0.3, 0.4) is 0 Å². The lowest BCUT2D eigenvalue weighted by molar-refractivity contribution is -0.143. The van der Waals surface area contributed by atoms with Gasteiger partial charge in [0.15, 0.2) is 0 Å². The number of carbonyl (C=O) groups excluding carboxylic acids is 1. The average Bonchev–Trinajstić information content (AvgIpc) is 3.43. The van der Waals surface area contributed by atoms with Crippen LogP contribution in [-0.4, -0.2) is 34.6 Å². The Labute approximate surface area is 200 Å². The van der Waals surface area contributed by atoms with Gasteiger partial charge in [-0.25, -0.2) is 0 Å². The van der Waals surface area contributed by atoms with Crippen LogP contribution in [0.4, 0.5) is 0 Å². The van der Waals surface area contributed by atoms with Crippen LogP contribution >= 0.6 is 0 Å². The minimum atomic E-state index is -0.435. The molecule has 1 aromatic carbocycles. The zero-order chi connectivity index (χ0) is 22.8. The van der Waals surface area contributed by atoms with E-state index in [2.05, 4.69) is 49.1 Å². The fourth-order valence-corrected chi connectivity index (χ4v) is 9.67. The molecule has 1 heterocycles. The summed E-state index contributed by atoms with van der Waals surface area (Å²) in [5, 5.41) is 10.6. The van der Waals surface area contributed by atoms with Crippen LogP contribution in [-0.2, 0) is 4.79 Å². The molecule has 0 spiro atoms. The zero-order valence-electron chi connectivity index (χ0n) is 20.7. The highest BCUT2D eigenvalue weighted by atomic mass is 16.3. The summed E-state index contributed by atoms with van der Waals surface area (Å²) in [4.78, 5) is 16.1. The van der Waals surface area contributed by atoms with Crippen molar-refractivity contribution >= 4 is 5.91 Å². The first-order chi connectivity index (χ1) is 15.9. The molecule has 1 aliphatic heterocycles. The van der Waals surface area contributed by atoms with Gasteiger partial charge in [0.05, 0.1) is 5.60 Å². The SMILES string of the molecule is C[C@@]1(O)CC[C@H]2[C@H](CC[C@@H]3[C@@H]2CC[C@]2(C)[C@@H](C(=O)N4CC[C@H](c5ccccc5)C4)CC[C@@H]32)C1. The Balaban J connectivity index is 1.15. The standard InChI is InChI=1S/C30H43NO2/c1-29(33)15-12-23-21(18-29)8-9-25-24(23)13-16-30(2)26(25)10-11-27(30)28(32)31-17-14-22(19-31)20-6-4-3-5-7-20/h3-7,21-27,33H,8-19H2,1-2H3/t21-,22+,23+,24-,25-,26+,27-,29-,30+/m1/s1. The largest absolute Gasteiger partial charge is 0.390 e. The summed E-state index contributed by atoms with van der Waals surface area (Å²) in [6.07, 6.45) is 11.9. The predicted octanol–water partition coefficient (Wildman–Crippen LogP) is 6.02. The van der Waals surface area contributed by atoms with E-state index in [1.807, 2.05) is 0 Å². The van der Waals surface area contributed by atoms with Crippen molar-refractivity contribution in [3.63, 3.8) is 0 Å². The third-order valence-electron chi connectivity index (χ3n) is 11.3. The van der Waals surface area contributed by atoms with E-state index in [0.717, 1.165) is 68.4 Å². The summed E-state index contributed by atoms with van der Waals surface area (Å²) < 4.78 is 0. The van der Waals surface area contributed by atoms with Gasteiger partial charge in [0.2, 0.25) is 5.91 Å². The van der Waals surface area contributed by atoms with Gasteiger partial charge in [-0.15, -0.1) is 0 Å². The minimum absolute atomic E-state index is 0.204. The van der Waals surface area contributed by atoms with Crippen LogP contribution in [0.25, 0.3) is 0 Å². The molecule has 9 atom stereocenters. The van der Waals surface area contributed by atoms with Gasteiger partial charge in [-0.05, 0) is 112 Å². The number of carbonyl (C=O) groups is 1. The maximum absolute atomic E-state index is 13.8. The van der Waals surface area contributed by atoms with Gasteiger partial charge in [0.25, 0.3) is 0 Å². The molecule has 4 saturated carbocycles. The number of amides is 1. The first kappa shape index (κ1) is 22.1. The molecule has 1 N–H and O–H groups in total. The molecule has 3 heteroatoms. The van der Waals surface area contributed by atoms with Gasteiger partial charge in [0, 0.05) is 24.9 Å². The molecule has 1 saturated heterocycles. The molecule has 0 aromatic heterocycles. The Morgan fingerprint density at radius 1 is 0.909 bits per heavy atom. The van der Waals surface area contributed by atoms with Gasteiger partial charge in [-0.1, -0.05) is 37.3 Å². The zero-order valence-corrected chi connectivity index (χ0v) is 20.7. The second-order valence-electron chi connectivity index (χ2n) is 13.0. The van der Waals surface area contributed by atoms with Crippen molar-refractivity contribution in [2.24, 2.45) is 40.9 Å². The molecule has 1 amide bonds. The Hall–Kier alpha value is -1.35. The molecule has 1 aromatic rings. The third kappa shape index (κ3) is 3.68. The van der Waals surface area contributed by atoms with Crippen molar-refractivity contribution in [3.05, 3.63) is 35.9 Å². The van der Waals surface area contributed by atoms with Crippen LogP contribution in [0.2, 0.25) is 0 Å². The van der Waals surface area contributed by atoms with Crippen LogP contribution < -0.4 is 0 Å². The van der Waals surface area contributed by atoms with Crippen molar-refractivity contribution in [1.82, 2.24) is 4.90 Å². The molecule has 33 heavy (non-hydrogen) atoms. The summed E-state index contributed by atoms with van der Waals surface area (Å²) >= 11 is 0. The fraction of sp³-hybridized carbons (Fsp3) is 0.767. The lowest BCUT2D eigenvalue weighted by Crippen LogP contribution is -2.52. The summed E-state index contributed by atoms with van der Waals surface area (Å²) in [6.45, 7) is 6.40. The molecule has 180 valence electrons. The normalized spacial score (nSPS) is 47.0. The summed E-state index contributed by atoms with van der Waals surface area (Å²) in [6, 6.07) is 10.8. The van der Waals surface area contributed by atoms with E-state index in [9.17, 15) is 9.90 Å². The smallest absolute Gasteiger partial charge is 0.226 e. The van der Waals surface area contributed by atoms with Crippen molar-refractivity contribution in [3.8, 4) is 0 Å². The number of aliphatic hydroxyl groups is 1. The number of benzene rings is 1. The first-order valence-corrected chi connectivity index (χ1v) is 13.9. The summed E-state index contributed by atoms with van der Waals surface area (Å²) in [7, 11) is 0. The fourth-order valence-electron chi connectivity index (χ4n) is 9.67. The number of nitrogens with zero attached hydrogens (tertiary/aromatic N) is 1. The molecule has 5 fully saturated rings. The Kier molecular flexibility index (Phi) is 5.44. The monoisotopic (exact) mass is 449 g/mol. The molecular weight excluding hydrogens is 406 g/mol. The van der Waals surface area contributed by atoms with Gasteiger partial charge in [-0.3, -0.25) is 4.79 Å². The van der Waals surface area contributed by atoms with E-state index in [1.165, 1.54) is 44.1 Å². The molecule has 0 bridgehead atoms. The number of hydrogen-bond donors (Lipinski definition) is 1. The first-order valence-electron chi connectivity index (χ1n) is 13.9. The summed E-state index contributed by atoms with van der Waals surface area (Å²) in [5.41, 5.74) is 1.16. The van der Waals surface area contributed by atoms with Gasteiger partial charge in [0.1, 0.15) is 0 Å². The minimum Gasteiger partial charge on any atom is -0.390 e. The molecule has 4 aliphatic carbocycles. The molecule has 5 aliphatic rings.